The van der Waals surface area contributed by atoms with Crippen LogP contribution in [-0.2, 0) is 0 Å². The molecule has 0 aromatic heterocycles. The average molecular weight is 163 g/mol. The zero-order chi connectivity index (χ0) is 9.30. The molecule has 1 heteroatoms. The molecule has 0 saturated heterocycles. The highest BCUT2D eigenvalue weighted by Crippen LogP contribution is 2.24. The molecular formula is C11H17N. The minimum atomic E-state index is 0.969. The molecule has 0 unspecified atom stereocenters. The predicted molar refractivity (Wildman–Crippen MR) is 53.7 cm³/mol. The molecule has 0 aliphatic carbocycles. The Morgan fingerprint density at radius 2 is 1.92 bits per heavy atom. The van der Waals surface area contributed by atoms with Crippen molar-refractivity contribution in [1.82, 2.24) is 4.90 Å². The van der Waals surface area contributed by atoms with Crippen LogP contribution in [0.25, 0.3) is 0 Å². The third-order valence-corrected chi connectivity index (χ3v) is 2.76. The lowest BCUT2D eigenvalue weighted by atomic mass is 10.1. The first-order valence-electron chi connectivity index (χ1n) is 4.30. The van der Waals surface area contributed by atoms with E-state index in [1.807, 2.05) is 0 Å². The summed E-state index contributed by atoms with van der Waals surface area (Å²) in [6, 6.07) is 0. The van der Waals surface area contributed by atoms with Crippen LogP contribution in [0.2, 0.25) is 0 Å². The largest absolute Gasteiger partial charge is 0.352 e. The highest BCUT2D eigenvalue weighted by atomic mass is 15.1. The quantitative estimate of drug-likeness (QED) is 0.530. The molecule has 0 fully saturated rings. The van der Waals surface area contributed by atoms with Crippen LogP contribution in [0.4, 0.5) is 0 Å². The summed E-state index contributed by atoms with van der Waals surface area (Å²) in [5.74, 6) is 0. The molecule has 0 N–H and O–H groups in total. The van der Waals surface area contributed by atoms with Crippen molar-refractivity contribution >= 4 is 0 Å². The minimum Gasteiger partial charge on any atom is -0.352 e. The van der Waals surface area contributed by atoms with E-state index < -0.39 is 0 Å². The first-order chi connectivity index (χ1) is 5.54. The lowest BCUT2D eigenvalue weighted by molar-refractivity contribution is 0.510. The summed E-state index contributed by atoms with van der Waals surface area (Å²) in [4.78, 5) is 2.17. The van der Waals surface area contributed by atoms with Crippen LogP contribution in [0.15, 0.2) is 35.2 Å². The molecule has 0 spiro atoms. The second-order valence-electron chi connectivity index (χ2n) is 3.43. The van der Waals surface area contributed by atoms with Gasteiger partial charge in [0.05, 0.1) is 0 Å². The lowest BCUT2D eigenvalue weighted by Crippen LogP contribution is -2.14. The summed E-state index contributed by atoms with van der Waals surface area (Å²) >= 11 is 0. The van der Waals surface area contributed by atoms with Crippen molar-refractivity contribution in [1.29, 1.82) is 0 Å². The van der Waals surface area contributed by atoms with Crippen molar-refractivity contribution < 1.29 is 0 Å². The number of hydrogen-bond donors (Lipinski definition) is 0. The van der Waals surface area contributed by atoms with Crippen molar-refractivity contribution in [2.75, 3.05) is 7.05 Å². The van der Waals surface area contributed by atoms with Crippen molar-refractivity contribution in [3.8, 4) is 0 Å². The van der Waals surface area contributed by atoms with Crippen molar-refractivity contribution in [2.45, 2.75) is 27.2 Å². The zero-order valence-electron chi connectivity index (χ0n) is 8.44. The van der Waals surface area contributed by atoms with Crippen LogP contribution >= 0.6 is 0 Å². The van der Waals surface area contributed by atoms with E-state index in [0.29, 0.717) is 0 Å². The smallest absolute Gasteiger partial charge is 0.0174 e. The third-order valence-electron chi connectivity index (χ3n) is 2.76. The van der Waals surface area contributed by atoms with E-state index in [4.69, 9.17) is 0 Å². The number of hydrogen-bond acceptors (Lipinski definition) is 1. The van der Waals surface area contributed by atoms with Crippen molar-refractivity contribution in [3.05, 3.63) is 35.2 Å². The van der Waals surface area contributed by atoms with Crippen molar-refractivity contribution in [2.24, 2.45) is 0 Å². The first-order valence-corrected chi connectivity index (χ1v) is 4.30. The fourth-order valence-corrected chi connectivity index (χ4v) is 1.34. The molecule has 0 aromatic rings. The van der Waals surface area contributed by atoms with E-state index in [9.17, 15) is 0 Å². The molecule has 1 rings (SSSR count). The van der Waals surface area contributed by atoms with Gasteiger partial charge in [-0.2, -0.15) is 0 Å². The Kier molecular flexibility index (Phi) is 2.41. The van der Waals surface area contributed by atoms with Gasteiger partial charge >= 0.3 is 0 Å². The predicted octanol–water partition coefficient (Wildman–Crippen LogP) is 3.08. The molecule has 1 nitrogen and oxygen atoms in total. The van der Waals surface area contributed by atoms with E-state index in [1.54, 1.807) is 0 Å². The number of nitrogens with zero attached hydrogens (tertiary/aromatic N) is 1. The second-order valence-corrected chi connectivity index (χ2v) is 3.43. The van der Waals surface area contributed by atoms with Crippen LogP contribution in [-0.4, -0.2) is 11.9 Å². The minimum absolute atomic E-state index is 0.969. The van der Waals surface area contributed by atoms with E-state index in [0.717, 1.165) is 6.42 Å². The fourth-order valence-electron chi connectivity index (χ4n) is 1.34. The molecule has 0 saturated carbocycles. The van der Waals surface area contributed by atoms with Gasteiger partial charge in [0.25, 0.3) is 0 Å². The Labute approximate surface area is 75.1 Å². The molecule has 1 aliphatic rings. The normalized spacial score (nSPS) is 19.5. The third kappa shape index (κ3) is 1.45. The molecule has 0 aromatic carbocycles. The van der Waals surface area contributed by atoms with E-state index in [1.165, 1.54) is 22.5 Å². The zero-order valence-corrected chi connectivity index (χ0v) is 8.44. The van der Waals surface area contributed by atoms with Gasteiger partial charge in [-0.15, -0.1) is 0 Å². The molecule has 0 amide bonds. The lowest BCUT2D eigenvalue weighted by Gasteiger charge is -2.21. The molecule has 0 radical (unpaired) electrons. The van der Waals surface area contributed by atoms with Gasteiger partial charge in [-0.3, -0.25) is 0 Å². The summed E-state index contributed by atoms with van der Waals surface area (Å²) in [7, 11) is 2.08. The molecule has 0 bridgehead atoms. The molecule has 12 heavy (non-hydrogen) atoms. The van der Waals surface area contributed by atoms with Gasteiger partial charge in [0.15, 0.2) is 0 Å². The van der Waals surface area contributed by atoms with E-state index >= 15 is 0 Å². The maximum absolute atomic E-state index is 4.02. The molecule has 0 atom stereocenters. The van der Waals surface area contributed by atoms with Crippen LogP contribution in [0.1, 0.15) is 27.2 Å². The first kappa shape index (κ1) is 9.11. The van der Waals surface area contributed by atoms with Gasteiger partial charge in [-0.1, -0.05) is 18.2 Å². The Bertz CT molecular complexity index is 269. The van der Waals surface area contributed by atoms with Crippen LogP contribution in [0, 0.1) is 0 Å². The summed E-state index contributed by atoms with van der Waals surface area (Å²) in [5, 5.41) is 0. The van der Waals surface area contributed by atoms with Crippen LogP contribution in [0.3, 0.4) is 0 Å². The fraction of sp³-hybridized carbons (Fsp3) is 0.455. The van der Waals surface area contributed by atoms with Gasteiger partial charge < -0.3 is 4.90 Å². The average Bonchev–Trinajstić information content (AvgIpc) is 2.14. The highest BCUT2D eigenvalue weighted by molar-refractivity contribution is 5.35. The van der Waals surface area contributed by atoms with Gasteiger partial charge in [-0.05, 0) is 26.3 Å². The highest BCUT2D eigenvalue weighted by Gasteiger charge is 2.10. The Balaban J connectivity index is 3.11. The SMILES string of the molecule is C=C1CC=C(C)C(C)=C(C)N1C. The van der Waals surface area contributed by atoms with Crippen LogP contribution in [0.5, 0.6) is 0 Å². The van der Waals surface area contributed by atoms with Crippen LogP contribution < -0.4 is 0 Å². The maximum Gasteiger partial charge on any atom is 0.0174 e. The molecule has 66 valence electrons. The van der Waals surface area contributed by atoms with Gasteiger partial charge in [-0.25, -0.2) is 0 Å². The Hall–Kier alpha value is -0.980. The number of rotatable bonds is 0. The second kappa shape index (κ2) is 3.18. The van der Waals surface area contributed by atoms with Gasteiger partial charge in [0.2, 0.25) is 0 Å². The summed E-state index contributed by atoms with van der Waals surface area (Å²) in [6.45, 7) is 10.5. The summed E-state index contributed by atoms with van der Waals surface area (Å²) in [6.07, 6.45) is 3.21. The summed E-state index contributed by atoms with van der Waals surface area (Å²) < 4.78 is 0. The van der Waals surface area contributed by atoms with Crippen molar-refractivity contribution in [3.63, 3.8) is 0 Å². The van der Waals surface area contributed by atoms with E-state index in [2.05, 4.69) is 45.4 Å². The van der Waals surface area contributed by atoms with Gasteiger partial charge in [0, 0.05) is 24.9 Å². The Morgan fingerprint density at radius 3 is 2.50 bits per heavy atom. The molecule has 1 aliphatic heterocycles. The molecule has 1 heterocycles. The standard InChI is InChI=1S/C11H17N/c1-8-6-7-9(2)12(5)11(4)10(8)3/h6H,2,7H2,1,3-5H3. The van der Waals surface area contributed by atoms with E-state index in [-0.39, 0.29) is 0 Å². The monoisotopic (exact) mass is 163 g/mol. The Morgan fingerprint density at radius 1 is 1.33 bits per heavy atom. The maximum atomic E-state index is 4.02. The molecular weight excluding hydrogens is 146 g/mol. The number of allylic oxidation sites excluding steroid dienone is 4. The van der Waals surface area contributed by atoms with Gasteiger partial charge in [0.1, 0.15) is 0 Å². The summed E-state index contributed by atoms with van der Waals surface area (Å²) in [5.41, 5.74) is 5.23. The topological polar surface area (TPSA) is 3.24 Å².